The fourth-order valence-corrected chi connectivity index (χ4v) is 4.86. The van der Waals surface area contributed by atoms with Gasteiger partial charge in [0.05, 0.1) is 5.69 Å². The number of amides is 3. The summed E-state index contributed by atoms with van der Waals surface area (Å²) in [6.45, 7) is 1.80. The van der Waals surface area contributed by atoms with Crippen molar-refractivity contribution in [3.63, 3.8) is 0 Å². The van der Waals surface area contributed by atoms with Crippen LogP contribution in [0.4, 0.5) is 5.13 Å². The van der Waals surface area contributed by atoms with E-state index in [1.807, 2.05) is 5.38 Å². The Kier molecular flexibility index (Phi) is 5.29. The first-order valence-corrected chi connectivity index (χ1v) is 10.5. The largest absolute Gasteiger partial charge is 0.375 e. The number of fused-ring (bicyclic) bond motifs is 1. The van der Waals surface area contributed by atoms with Crippen LogP contribution < -0.4 is 16.5 Å². The van der Waals surface area contributed by atoms with Crippen LogP contribution in [0.3, 0.4) is 0 Å². The highest BCUT2D eigenvalue weighted by Gasteiger charge is 2.48. The van der Waals surface area contributed by atoms with E-state index in [9.17, 15) is 14.4 Å². The summed E-state index contributed by atoms with van der Waals surface area (Å²) in [4.78, 5) is 42.4. The normalized spacial score (nSPS) is 26.6. The summed E-state index contributed by atoms with van der Waals surface area (Å²) in [7, 11) is 0. The van der Waals surface area contributed by atoms with E-state index >= 15 is 0 Å². The van der Waals surface area contributed by atoms with E-state index in [1.165, 1.54) is 11.3 Å². The molecule has 3 heterocycles. The van der Waals surface area contributed by atoms with Gasteiger partial charge < -0.3 is 16.0 Å². The molecule has 4 N–H and O–H groups in total. The van der Waals surface area contributed by atoms with Crippen molar-refractivity contribution in [1.29, 1.82) is 0 Å². The number of rotatable bonds is 5. The number of likely N-dealkylation sites (tertiary alicyclic amines) is 1. The van der Waals surface area contributed by atoms with Gasteiger partial charge in [-0.15, -0.1) is 11.3 Å². The monoisotopic (exact) mass is 404 g/mol. The smallest absolute Gasteiger partial charge is 0.270 e. The molecule has 1 aromatic heterocycles. The molecule has 150 valence electrons. The average Bonchev–Trinajstić information content (AvgIpc) is 3.08. The molecular weight excluding hydrogens is 380 g/mol. The van der Waals surface area contributed by atoms with Crippen LogP contribution in [0.2, 0.25) is 0 Å². The van der Waals surface area contributed by atoms with Crippen LogP contribution in [-0.4, -0.2) is 53.0 Å². The first-order valence-electron chi connectivity index (χ1n) is 9.63. The van der Waals surface area contributed by atoms with E-state index in [0.717, 1.165) is 18.5 Å². The highest BCUT2D eigenvalue weighted by molar-refractivity contribution is 7.13. The number of hydrogen-bond donors (Lipinski definition) is 3. The topological polar surface area (TPSA) is 130 Å². The average molecular weight is 404 g/mol. The SMILES string of the molecule is Nc1nc(CCNC(=O)[C@@H]2C[C@H]3CCN(C(=O)C4=NNC(=O)CC4)C[C@H]32)cs1. The van der Waals surface area contributed by atoms with E-state index in [-0.39, 0.29) is 29.6 Å². The van der Waals surface area contributed by atoms with Crippen molar-refractivity contribution in [3.05, 3.63) is 11.1 Å². The number of aromatic nitrogens is 1. The van der Waals surface area contributed by atoms with Crippen molar-refractivity contribution >= 4 is 39.9 Å². The van der Waals surface area contributed by atoms with Gasteiger partial charge in [-0.3, -0.25) is 14.4 Å². The summed E-state index contributed by atoms with van der Waals surface area (Å²) >= 11 is 1.40. The maximum Gasteiger partial charge on any atom is 0.270 e. The van der Waals surface area contributed by atoms with Crippen LogP contribution in [-0.2, 0) is 20.8 Å². The third-order valence-corrected chi connectivity index (χ3v) is 6.63. The van der Waals surface area contributed by atoms with Crippen molar-refractivity contribution < 1.29 is 14.4 Å². The second kappa shape index (κ2) is 7.86. The predicted octanol–water partition coefficient (Wildman–Crippen LogP) is 0.135. The van der Waals surface area contributed by atoms with Crippen LogP contribution in [0.25, 0.3) is 0 Å². The van der Waals surface area contributed by atoms with Gasteiger partial charge >= 0.3 is 0 Å². The minimum atomic E-state index is -0.161. The molecule has 28 heavy (non-hydrogen) atoms. The summed E-state index contributed by atoms with van der Waals surface area (Å²) in [5.74, 6) is 0.435. The van der Waals surface area contributed by atoms with Gasteiger partial charge in [0.2, 0.25) is 11.8 Å². The Balaban J connectivity index is 1.28. The molecule has 3 amide bonds. The Bertz CT molecular complexity index is 822. The molecule has 1 aliphatic carbocycles. The van der Waals surface area contributed by atoms with Crippen LogP contribution >= 0.6 is 11.3 Å². The minimum Gasteiger partial charge on any atom is -0.375 e. The second-order valence-electron chi connectivity index (χ2n) is 7.62. The molecule has 2 fully saturated rings. The summed E-state index contributed by atoms with van der Waals surface area (Å²) < 4.78 is 0. The lowest BCUT2D eigenvalue weighted by molar-refractivity contribution is -0.142. The Morgan fingerprint density at radius 2 is 2.25 bits per heavy atom. The first kappa shape index (κ1) is 18.9. The van der Waals surface area contributed by atoms with Gasteiger partial charge in [0.15, 0.2) is 5.13 Å². The van der Waals surface area contributed by atoms with E-state index < -0.39 is 0 Å². The van der Waals surface area contributed by atoms with Gasteiger partial charge in [-0.25, -0.2) is 10.4 Å². The lowest BCUT2D eigenvalue weighted by atomic mass is 9.61. The molecule has 0 unspecified atom stereocenters. The van der Waals surface area contributed by atoms with E-state index in [1.54, 1.807) is 4.90 Å². The molecule has 0 bridgehead atoms. The molecule has 10 heteroatoms. The number of piperidine rings is 1. The standard InChI is InChI=1S/C18H24N6O3S/c19-18-21-11(9-28-18)3-5-20-16(26)12-7-10-4-6-24(8-13(10)12)17(27)14-1-2-15(25)23-22-14/h9-10,12-13H,1-8H2,(H2,19,21)(H,20,26)(H,23,25)/t10-,12-,13-/m1/s1. The van der Waals surface area contributed by atoms with Gasteiger partial charge in [-0.2, -0.15) is 5.10 Å². The molecule has 0 aromatic carbocycles. The van der Waals surface area contributed by atoms with Crippen molar-refractivity contribution in [2.75, 3.05) is 25.4 Å². The summed E-state index contributed by atoms with van der Waals surface area (Å²) in [6, 6.07) is 0. The van der Waals surface area contributed by atoms with Gasteiger partial charge in [-0.05, 0) is 24.7 Å². The predicted molar refractivity (Wildman–Crippen MR) is 104 cm³/mol. The van der Waals surface area contributed by atoms with Crippen LogP contribution in [0.5, 0.6) is 0 Å². The number of hydrogen-bond acceptors (Lipinski definition) is 7. The number of nitrogens with one attached hydrogen (secondary N) is 2. The second-order valence-corrected chi connectivity index (χ2v) is 8.51. The number of nitrogens with two attached hydrogens (primary N) is 1. The maximum absolute atomic E-state index is 12.7. The van der Waals surface area contributed by atoms with E-state index in [2.05, 4.69) is 20.8 Å². The molecule has 9 nitrogen and oxygen atoms in total. The van der Waals surface area contributed by atoms with Crippen LogP contribution in [0.15, 0.2) is 10.5 Å². The van der Waals surface area contributed by atoms with Crippen LogP contribution in [0.1, 0.15) is 31.4 Å². The number of thiazole rings is 1. The van der Waals surface area contributed by atoms with Gasteiger partial charge in [-0.1, -0.05) is 0 Å². The van der Waals surface area contributed by atoms with Gasteiger partial charge in [0, 0.05) is 50.2 Å². The first-order chi connectivity index (χ1) is 13.5. The maximum atomic E-state index is 12.7. The summed E-state index contributed by atoms with van der Waals surface area (Å²) in [6.07, 6.45) is 3.13. The molecule has 4 rings (SSSR count). The molecule has 0 radical (unpaired) electrons. The quantitative estimate of drug-likeness (QED) is 0.642. The molecule has 0 spiro atoms. The zero-order chi connectivity index (χ0) is 19.7. The highest BCUT2D eigenvalue weighted by atomic mass is 32.1. The molecule has 2 aliphatic heterocycles. The molecule has 1 aromatic rings. The number of nitrogen functional groups attached to an aromatic ring is 1. The summed E-state index contributed by atoms with van der Waals surface area (Å²) in [5.41, 5.74) is 9.29. The Labute approximate surface area is 166 Å². The number of carbonyl (C=O) groups is 3. The Hall–Kier alpha value is -2.49. The molecule has 3 atom stereocenters. The number of hydrazone groups is 1. The number of nitrogens with zero attached hydrogens (tertiary/aromatic N) is 3. The van der Waals surface area contributed by atoms with E-state index in [0.29, 0.717) is 55.7 Å². The number of anilines is 1. The molecule has 1 saturated carbocycles. The van der Waals surface area contributed by atoms with E-state index in [4.69, 9.17) is 5.73 Å². The van der Waals surface area contributed by atoms with Crippen molar-refractivity contribution in [1.82, 2.24) is 20.6 Å². The third-order valence-electron chi connectivity index (χ3n) is 5.91. The highest BCUT2D eigenvalue weighted by Crippen LogP contribution is 2.45. The number of carbonyl (C=O) groups excluding carboxylic acids is 3. The minimum absolute atomic E-state index is 0.0471. The zero-order valence-electron chi connectivity index (χ0n) is 15.5. The van der Waals surface area contributed by atoms with Gasteiger partial charge in [0.1, 0.15) is 5.71 Å². The third kappa shape index (κ3) is 3.87. The molecule has 3 aliphatic rings. The lowest BCUT2D eigenvalue weighted by Crippen LogP contribution is -2.57. The molecular formula is C18H24N6O3S. The van der Waals surface area contributed by atoms with Crippen molar-refractivity contribution in [3.8, 4) is 0 Å². The lowest BCUT2D eigenvalue weighted by Gasteiger charge is -2.50. The fraction of sp³-hybridized carbons (Fsp3) is 0.611. The Morgan fingerprint density at radius 3 is 2.96 bits per heavy atom. The van der Waals surface area contributed by atoms with Crippen LogP contribution in [0, 0.1) is 17.8 Å². The molecule has 1 saturated heterocycles. The fourth-order valence-electron chi connectivity index (χ4n) is 4.26. The van der Waals surface area contributed by atoms with Gasteiger partial charge in [0.25, 0.3) is 5.91 Å². The summed E-state index contributed by atoms with van der Waals surface area (Å²) in [5, 5.41) is 9.35. The van der Waals surface area contributed by atoms with Crippen molar-refractivity contribution in [2.24, 2.45) is 22.9 Å². The van der Waals surface area contributed by atoms with Crippen molar-refractivity contribution in [2.45, 2.75) is 32.1 Å². The zero-order valence-corrected chi connectivity index (χ0v) is 16.3. The Morgan fingerprint density at radius 1 is 1.39 bits per heavy atom.